The molecule has 0 saturated carbocycles. The van der Waals surface area contributed by atoms with Crippen LogP contribution in [0.25, 0.3) is 0 Å². The van der Waals surface area contributed by atoms with E-state index in [1.165, 1.54) is 10.2 Å². The molecule has 0 radical (unpaired) electrons. The number of aryl methyl sites for hydroxylation is 1. The zero-order valence-corrected chi connectivity index (χ0v) is 16.1. The minimum atomic E-state index is -0.175. The molecule has 0 aliphatic heterocycles. The van der Waals surface area contributed by atoms with Gasteiger partial charge < -0.3 is 4.74 Å². The first kappa shape index (κ1) is 17.7. The quantitative estimate of drug-likeness (QED) is 0.784. The first-order valence-electron chi connectivity index (χ1n) is 7.60. The van der Waals surface area contributed by atoms with E-state index in [2.05, 4.69) is 41.8 Å². The van der Waals surface area contributed by atoms with Gasteiger partial charge in [-0.1, -0.05) is 26.8 Å². The Balaban J connectivity index is 2.12. The molecule has 1 heterocycles. The Hall–Kier alpha value is -1.62. The Morgan fingerprint density at radius 1 is 1.26 bits per heavy atom. The summed E-state index contributed by atoms with van der Waals surface area (Å²) in [4.78, 5) is 12.3. The van der Waals surface area contributed by atoms with Crippen LogP contribution in [0.2, 0.25) is 0 Å². The first-order valence-corrected chi connectivity index (χ1v) is 8.39. The van der Waals surface area contributed by atoms with Gasteiger partial charge in [-0.3, -0.25) is 4.79 Å². The zero-order valence-electron chi connectivity index (χ0n) is 14.5. The van der Waals surface area contributed by atoms with Gasteiger partial charge in [-0.15, -0.1) is 0 Å². The Kier molecular flexibility index (Phi) is 4.99. The number of carbonyl (C=O) groups excluding carboxylic acids is 1. The van der Waals surface area contributed by atoms with E-state index in [1.54, 1.807) is 0 Å². The lowest BCUT2D eigenvalue weighted by Crippen LogP contribution is -2.22. The second kappa shape index (κ2) is 6.48. The van der Waals surface area contributed by atoms with Crippen LogP contribution in [0.5, 0.6) is 5.75 Å². The summed E-state index contributed by atoms with van der Waals surface area (Å²) in [5.74, 6) is 0.482. The summed E-state index contributed by atoms with van der Waals surface area (Å²) in [6.07, 6.45) is 0. The van der Waals surface area contributed by atoms with Crippen molar-refractivity contribution in [1.82, 2.24) is 9.78 Å². The number of rotatable bonds is 3. The van der Waals surface area contributed by atoms with Crippen molar-refractivity contribution in [2.45, 2.75) is 47.0 Å². The Bertz CT molecular complexity index is 742. The molecule has 2 rings (SSSR count). The third-order valence-electron chi connectivity index (χ3n) is 4.04. The molecule has 0 bridgehead atoms. The van der Waals surface area contributed by atoms with Crippen molar-refractivity contribution >= 4 is 21.8 Å². The second-order valence-electron chi connectivity index (χ2n) is 6.79. The molecule has 0 saturated heterocycles. The maximum atomic E-state index is 12.3. The number of aromatic nitrogens is 2. The highest BCUT2D eigenvalue weighted by Gasteiger charge is 2.17. The summed E-state index contributed by atoms with van der Waals surface area (Å²) in [5, 5.41) is 4.27. The number of hydrogen-bond donors (Lipinski definition) is 0. The van der Waals surface area contributed by atoms with Gasteiger partial charge in [-0.2, -0.15) is 5.10 Å². The molecule has 23 heavy (non-hydrogen) atoms. The molecule has 4 nitrogen and oxygen atoms in total. The molecule has 5 heteroatoms. The van der Waals surface area contributed by atoms with Crippen molar-refractivity contribution in [3.8, 4) is 5.75 Å². The minimum absolute atomic E-state index is 0.0468. The molecule has 1 aromatic carbocycles. The van der Waals surface area contributed by atoms with E-state index in [0.29, 0.717) is 5.75 Å². The van der Waals surface area contributed by atoms with E-state index < -0.39 is 0 Å². The van der Waals surface area contributed by atoms with Gasteiger partial charge in [0.05, 0.1) is 10.2 Å². The number of halogens is 1. The summed E-state index contributed by atoms with van der Waals surface area (Å²) >= 11 is 3.52. The molecule has 0 unspecified atom stereocenters. The monoisotopic (exact) mass is 378 g/mol. The number of benzene rings is 1. The van der Waals surface area contributed by atoms with Gasteiger partial charge in [0.15, 0.2) is 6.61 Å². The minimum Gasteiger partial charge on any atom is -0.483 e. The molecule has 124 valence electrons. The lowest BCUT2D eigenvalue weighted by Gasteiger charge is -2.20. The van der Waals surface area contributed by atoms with Crippen LogP contribution in [0.4, 0.5) is 0 Å². The molecule has 0 aliphatic rings. The summed E-state index contributed by atoms with van der Waals surface area (Å²) in [6.45, 7) is 12.2. The number of hydrogen-bond acceptors (Lipinski definition) is 3. The Morgan fingerprint density at radius 2 is 1.91 bits per heavy atom. The first-order chi connectivity index (χ1) is 10.6. The highest BCUT2D eigenvalue weighted by molar-refractivity contribution is 9.10. The maximum Gasteiger partial charge on any atom is 0.284 e. The predicted octanol–water partition coefficient (Wildman–Crippen LogP) is 4.59. The van der Waals surface area contributed by atoms with Crippen molar-refractivity contribution in [1.29, 1.82) is 0 Å². The van der Waals surface area contributed by atoms with Crippen molar-refractivity contribution in [3.05, 3.63) is 45.2 Å². The summed E-state index contributed by atoms with van der Waals surface area (Å²) in [5.41, 5.74) is 4.04. The summed E-state index contributed by atoms with van der Waals surface area (Å²) in [6, 6.07) is 5.95. The number of nitrogens with zero attached hydrogens (tertiary/aromatic N) is 2. The van der Waals surface area contributed by atoms with E-state index in [9.17, 15) is 4.79 Å². The van der Waals surface area contributed by atoms with Gasteiger partial charge in [-0.05, 0) is 65.4 Å². The van der Waals surface area contributed by atoms with Crippen LogP contribution < -0.4 is 4.74 Å². The third-order valence-corrected chi connectivity index (χ3v) is 4.66. The van der Waals surface area contributed by atoms with Crippen molar-refractivity contribution in [2.75, 3.05) is 6.61 Å². The molecule has 0 spiro atoms. The standard InChI is InChI=1S/C18H23BrN2O2/c1-11-12(2)20-21(13(11)3)17(22)10-23-16-8-7-14(9-15(16)19)18(4,5)6/h7-9H,10H2,1-6H3. The smallest absolute Gasteiger partial charge is 0.284 e. The van der Waals surface area contributed by atoms with E-state index in [4.69, 9.17) is 4.74 Å². The van der Waals surface area contributed by atoms with E-state index in [-0.39, 0.29) is 17.9 Å². The second-order valence-corrected chi connectivity index (χ2v) is 7.64. The molecule has 2 aromatic rings. The van der Waals surface area contributed by atoms with Crippen LogP contribution in [0.3, 0.4) is 0 Å². The predicted molar refractivity (Wildman–Crippen MR) is 95.4 cm³/mol. The van der Waals surface area contributed by atoms with E-state index >= 15 is 0 Å². The van der Waals surface area contributed by atoms with Gasteiger partial charge in [0.2, 0.25) is 0 Å². The van der Waals surface area contributed by atoms with Gasteiger partial charge in [-0.25, -0.2) is 4.68 Å². The van der Waals surface area contributed by atoms with Crippen LogP contribution in [0, 0.1) is 20.8 Å². The highest BCUT2D eigenvalue weighted by Crippen LogP contribution is 2.31. The van der Waals surface area contributed by atoms with E-state index in [0.717, 1.165) is 21.4 Å². The number of carbonyl (C=O) groups is 1. The van der Waals surface area contributed by atoms with Crippen molar-refractivity contribution < 1.29 is 9.53 Å². The molecule has 0 N–H and O–H groups in total. The molecule has 0 atom stereocenters. The fraction of sp³-hybridized carbons (Fsp3) is 0.444. The summed E-state index contributed by atoms with van der Waals surface area (Å²) in [7, 11) is 0. The molecular weight excluding hydrogens is 356 g/mol. The topological polar surface area (TPSA) is 44.1 Å². The van der Waals surface area contributed by atoms with Gasteiger partial charge >= 0.3 is 0 Å². The van der Waals surface area contributed by atoms with Gasteiger partial charge in [0.1, 0.15) is 5.75 Å². The number of ether oxygens (including phenoxy) is 1. The van der Waals surface area contributed by atoms with Crippen LogP contribution in [0.1, 0.15) is 48.1 Å². The SMILES string of the molecule is Cc1nn(C(=O)COc2ccc(C(C)(C)C)cc2Br)c(C)c1C. The lowest BCUT2D eigenvalue weighted by atomic mass is 9.87. The maximum absolute atomic E-state index is 12.3. The molecule has 0 amide bonds. The van der Waals surface area contributed by atoms with Crippen LogP contribution in [-0.4, -0.2) is 22.3 Å². The van der Waals surface area contributed by atoms with Crippen LogP contribution in [-0.2, 0) is 5.41 Å². The van der Waals surface area contributed by atoms with Crippen molar-refractivity contribution in [3.63, 3.8) is 0 Å². The Labute approximate surface area is 146 Å². The molecular formula is C18H23BrN2O2. The third kappa shape index (κ3) is 3.83. The summed E-state index contributed by atoms with van der Waals surface area (Å²) < 4.78 is 7.94. The average Bonchev–Trinajstić information content (AvgIpc) is 2.72. The average molecular weight is 379 g/mol. The van der Waals surface area contributed by atoms with Crippen LogP contribution >= 0.6 is 15.9 Å². The van der Waals surface area contributed by atoms with Crippen LogP contribution in [0.15, 0.2) is 22.7 Å². The highest BCUT2D eigenvalue weighted by atomic mass is 79.9. The largest absolute Gasteiger partial charge is 0.483 e. The fourth-order valence-electron chi connectivity index (χ4n) is 2.25. The molecule has 0 aliphatic carbocycles. The van der Waals surface area contributed by atoms with Crippen molar-refractivity contribution in [2.24, 2.45) is 0 Å². The van der Waals surface area contributed by atoms with Gasteiger partial charge in [0.25, 0.3) is 5.91 Å². The Morgan fingerprint density at radius 3 is 2.39 bits per heavy atom. The lowest BCUT2D eigenvalue weighted by molar-refractivity contribution is 0.0817. The molecule has 1 aromatic heterocycles. The fourth-order valence-corrected chi connectivity index (χ4v) is 2.74. The normalized spacial score (nSPS) is 11.6. The molecule has 0 fully saturated rings. The van der Waals surface area contributed by atoms with Gasteiger partial charge in [0, 0.05) is 5.69 Å². The van der Waals surface area contributed by atoms with E-state index in [1.807, 2.05) is 39.0 Å². The zero-order chi connectivity index (χ0) is 17.4.